The van der Waals surface area contributed by atoms with Gasteiger partial charge in [0, 0.05) is 10.4 Å². The van der Waals surface area contributed by atoms with Crippen molar-refractivity contribution in [1.82, 2.24) is 9.66 Å². The van der Waals surface area contributed by atoms with E-state index in [-0.39, 0.29) is 11.5 Å². The summed E-state index contributed by atoms with van der Waals surface area (Å²) in [5.74, 6) is 0.823. The molecule has 0 N–H and O–H groups in total. The lowest BCUT2D eigenvalue weighted by molar-refractivity contribution is 0.613. The van der Waals surface area contributed by atoms with Crippen LogP contribution in [0.3, 0.4) is 0 Å². The molecular weight excluding hydrogens is 390 g/mol. The molecule has 0 amide bonds. The Bertz CT molecular complexity index is 1010. The average Bonchev–Trinajstić information content (AvgIpc) is 2.67. The fourth-order valence-electron chi connectivity index (χ4n) is 2.74. The van der Waals surface area contributed by atoms with Gasteiger partial charge >= 0.3 is 0 Å². The number of halogens is 1. The molecule has 134 valence electrons. The van der Waals surface area contributed by atoms with Crippen molar-refractivity contribution in [2.75, 3.05) is 0 Å². The van der Waals surface area contributed by atoms with Gasteiger partial charge in [0.25, 0.3) is 5.56 Å². The third-order valence-electron chi connectivity index (χ3n) is 4.60. The molecule has 3 rings (SSSR count). The van der Waals surface area contributed by atoms with Crippen LogP contribution in [0.1, 0.15) is 50.1 Å². The minimum absolute atomic E-state index is 0.135. The lowest BCUT2D eigenvalue weighted by Gasteiger charge is -2.14. The zero-order chi connectivity index (χ0) is 18.7. The number of hydrogen-bond donors (Lipinski definition) is 0. The number of aryl methyl sites for hydroxylation is 1. The molecule has 0 aliphatic heterocycles. The van der Waals surface area contributed by atoms with Gasteiger partial charge in [0.05, 0.1) is 17.1 Å². The van der Waals surface area contributed by atoms with Crippen LogP contribution in [0, 0.1) is 0 Å². The highest BCUT2D eigenvalue weighted by molar-refractivity contribution is 9.10. The number of hydrogen-bond acceptors (Lipinski definition) is 3. The van der Waals surface area contributed by atoms with Crippen molar-refractivity contribution in [3.63, 3.8) is 0 Å². The number of benzene rings is 2. The lowest BCUT2D eigenvalue weighted by Crippen LogP contribution is -2.23. The highest BCUT2D eigenvalue weighted by atomic mass is 79.9. The summed E-state index contributed by atoms with van der Waals surface area (Å²) in [5.41, 5.74) is 2.79. The van der Waals surface area contributed by atoms with E-state index in [0.717, 1.165) is 22.9 Å². The van der Waals surface area contributed by atoms with Crippen molar-refractivity contribution >= 4 is 33.0 Å². The SMILES string of the molecule is CCc1ccc(C=Nn2c([C@H](C)CC)nc3ccc(Br)cc3c2=O)cc1. The fourth-order valence-corrected chi connectivity index (χ4v) is 3.10. The Kier molecular flexibility index (Phi) is 5.67. The summed E-state index contributed by atoms with van der Waals surface area (Å²) in [6, 6.07) is 13.8. The predicted octanol–water partition coefficient (Wildman–Crippen LogP) is 5.12. The van der Waals surface area contributed by atoms with Crippen molar-refractivity contribution in [2.45, 2.75) is 39.5 Å². The Morgan fingerprint density at radius 3 is 2.58 bits per heavy atom. The summed E-state index contributed by atoms with van der Waals surface area (Å²) >= 11 is 3.43. The molecule has 0 fully saturated rings. The quantitative estimate of drug-likeness (QED) is 0.547. The lowest BCUT2D eigenvalue weighted by atomic mass is 10.1. The highest BCUT2D eigenvalue weighted by Gasteiger charge is 2.15. The van der Waals surface area contributed by atoms with Crippen molar-refractivity contribution in [2.24, 2.45) is 5.10 Å². The Morgan fingerprint density at radius 2 is 1.92 bits per heavy atom. The summed E-state index contributed by atoms with van der Waals surface area (Å²) in [6.45, 7) is 6.27. The number of nitrogens with zero attached hydrogens (tertiary/aromatic N) is 3. The van der Waals surface area contributed by atoms with E-state index >= 15 is 0 Å². The molecule has 1 heterocycles. The molecule has 0 saturated carbocycles. The molecule has 1 atom stereocenters. The highest BCUT2D eigenvalue weighted by Crippen LogP contribution is 2.20. The van der Waals surface area contributed by atoms with Gasteiger partial charge in [-0.3, -0.25) is 4.79 Å². The Morgan fingerprint density at radius 1 is 1.19 bits per heavy atom. The van der Waals surface area contributed by atoms with Crippen LogP contribution in [-0.2, 0) is 6.42 Å². The Balaban J connectivity index is 2.13. The van der Waals surface area contributed by atoms with Gasteiger partial charge in [0.2, 0.25) is 0 Å². The first-order valence-electron chi connectivity index (χ1n) is 8.89. The fraction of sp³-hybridized carbons (Fsp3) is 0.286. The maximum Gasteiger partial charge on any atom is 0.282 e. The molecule has 1 aromatic heterocycles. The van der Waals surface area contributed by atoms with Crippen LogP contribution in [0.25, 0.3) is 10.9 Å². The van der Waals surface area contributed by atoms with E-state index in [2.05, 4.69) is 53.9 Å². The second-order valence-corrected chi connectivity index (χ2v) is 7.31. The molecule has 4 nitrogen and oxygen atoms in total. The summed E-state index contributed by atoms with van der Waals surface area (Å²) in [6.07, 6.45) is 3.60. The summed E-state index contributed by atoms with van der Waals surface area (Å²) in [7, 11) is 0. The van der Waals surface area contributed by atoms with Gasteiger partial charge in [0.15, 0.2) is 0 Å². The first-order chi connectivity index (χ1) is 12.5. The molecular formula is C21H22BrN3O. The van der Waals surface area contributed by atoms with Gasteiger partial charge < -0.3 is 0 Å². The minimum atomic E-state index is -0.145. The van der Waals surface area contributed by atoms with Gasteiger partial charge in [-0.05, 0) is 42.2 Å². The van der Waals surface area contributed by atoms with Crippen LogP contribution < -0.4 is 5.56 Å². The van der Waals surface area contributed by atoms with Crippen molar-refractivity contribution in [3.05, 3.63) is 74.2 Å². The van der Waals surface area contributed by atoms with Gasteiger partial charge in [-0.15, -0.1) is 0 Å². The second-order valence-electron chi connectivity index (χ2n) is 6.40. The van der Waals surface area contributed by atoms with Crippen molar-refractivity contribution in [1.29, 1.82) is 0 Å². The van der Waals surface area contributed by atoms with E-state index in [9.17, 15) is 4.79 Å². The zero-order valence-electron chi connectivity index (χ0n) is 15.2. The van der Waals surface area contributed by atoms with E-state index < -0.39 is 0 Å². The molecule has 0 unspecified atom stereocenters. The standard InChI is InChI=1S/C21H22BrN3O/c1-4-14(3)20-24-19-11-10-17(22)12-18(19)21(26)25(20)23-13-16-8-6-15(5-2)7-9-16/h6-14H,4-5H2,1-3H3/t14-/m1/s1. The molecule has 2 aromatic carbocycles. The van der Waals surface area contributed by atoms with Crippen LogP contribution >= 0.6 is 15.9 Å². The first-order valence-corrected chi connectivity index (χ1v) is 9.68. The van der Waals surface area contributed by atoms with Crippen LogP contribution in [0.15, 0.2) is 56.8 Å². The maximum absolute atomic E-state index is 13.0. The van der Waals surface area contributed by atoms with E-state index in [1.165, 1.54) is 10.2 Å². The molecule has 0 aliphatic carbocycles. The monoisotopic (exact) mass is 411 g/mol. The number of rotatable bonds is 5. The van der Waals surface area contributed by atoms with Crippen LogP contribution in [0.4, 0.5) is 0 Å². The Labute approximate surface area is 161 Å². The van der Waals surface area contributed by atoms with E-state index in [1.807, 2.05) is 24.3 Å². The summed E-state index contributed by atoms with van der Waals surface area (Å²) < 4.78 is 2.29. The molecule has 5 heteroatoms. The van der Waals surface area contributed by atoms with E-state index in [4.69, 9.17) is 4.98 Å². The molecule has 26 heavy (non-hydrogen) atoms. The smallest absolute Gasteiger partial charge is 0.267 e. The number of aromatic nitrogens is 2. The molecule has 0 spiro atoms. The summed E-state index contributed by atoms with van der Waals surface area (Å²) in [5, 5.41) is 5.04. The van der Waals surface area contributed by atoms with Gasteiger partial charge in [-0.1, -0.05) is 61.0 Å². The van der Waals surface area contributed by atoms with E-state index in [0.29, 0.717) is 16.7 Å². The maximum atomic E-state index is 13.0. The minimum Gasteiger partial charge on any atom is -0.267 e. The van der Waals surface area contributed by atoms with Gasteiger partial charge in [0.1, 0.15) is 5.82 Å². The van der Waals surface area contributed by atoms with E-state index in [1.54, 1.807) is 12.3 Å². The molecule has 0 bridgehead atoms. The largest absolute Gasteiger partial charge is 0.282 e. The van der Waals surface area contributed by atoms with Crippen LogP contribution in [0.5, 0.6) is 0 Å². The zero-order valence-corrected chi connectivity index (χ0v) is 16.8. The second kappa shape index (κ2) is 7.96. The van der Waals surface area contributed by atoms with Gasteiger partial charge in [-0.25, -0.2) is 4.98 Å². The third-order valence-corrected chi connectivity index (χ3v) is 5.09. The number of fused-ring (bicyclic) bond motifs is 1. The van der Waals surface area contributed by atoms with Gasteiger partial charge in [-0.2, -0.15) is 9.78 Å². The summed E-state index contributed by atoms with van der Waals surface area (Å²) in [4.78, 5) is 17.7. The van der Waals surface area contributed by atoms with Crippen LogP contribution in [0.2, 0.25) is 0 Å². The third kappa shape index (κ3) is 3.78. The Hall–Kier alpha value is -2.27. The van der Waals surface area contributed by atoms with Crippen molar-refractivity contribution < 1.29 is 0 Å². The average molecular weight is 412 g/mol. The van der Waals surface area contributed by atoms with Crippen molar-refractivity contribution in [3.8, 4) is 0 Å². The first kappa shape index (κ1) is 18.5. The molecule has 3 aromatic rings. The molecule has 0 saturated heterocycles. The normalized spacial score (nSPS) is 12.8. The predicted molar refractivity (Wildman–Crippen MR) is 111 cm³/mol. The molecule has 0 radical (unpaired) electrons. The topological polar surface area (TPSA) is 47.2 Å². The van der Waals surface area contributed by atoms with Crippen LogP contribution in [-0.4, -0.2) is 15.9 Å². The molecule has 0 aliphatic rings.